The Morgan fingerprint density at radius 2 is 1.92 bits per heavy atom. The average Bonchev–Trinajstić information content (AvgIpc) is 1.82. The van der Waals surface area contributed by atoms with Crippen molar-refractivity contribution in [2.75, 3.05) is 0 Å². The Bertz CT molecular complexity index is 160. The SMILES string of the molecule is C[C@@H](O)[C@@H](N)C(=O)OC(C)(C)C. The lowest BCUT2D eigenvalue weighted by molar-refractivity contribution is -0.158. The van der Waals surface area contributed by atoms with Crippen LogP contribution < -0.4 is 5.73 Å². The van der Waals surface area contributed by atoms with Crippen molar-refractivity contribution in [1.29, 1.82) is 0 Å². The minimum atomic E-state index is -0.954. The molecule has 12 heavy (non-hydrogen) atoms. The van der Waals surface area contributed by atoms with Gasteiger partial charge in [-0.1, -0.05) is 0 Å². The van der Waals surface area contributed by atoms with Crippen LogP contribution in [0.3, 0.4) is 0 Å². The number of aliphatic hydroxyl groups excluding tert-OH is 1. The third-order valence-electron chi connectivity index (χ3n) is 1.20. The maximum Gasteiger partial charge on any atom is 0.326 e. The summed E-state index contributed by atoms with van der Waals surface area (Å²) in [6.45, 7) is 6.70. The molecule has 0 saturated heterocycles. The zero-order chi connectivity index (χ0) is 9.94. The molecule has 0 aromatic rings. The molecular weight excluding hydrogens is 158 g/mol. The molecule has 4 heteroatoms. The second-order valence-electron chi connectivity index (χ2n) is 3.80. The Morgan fingerprint density at radius 3 is 2.17 bits per heavy atom. The number of hydrogen-bond donors (Lipinski definition) is 2. The molecule has 0 aliphatic carbocycles. The highest BCUT2D eigenvalue weighted by Gasteiger charge is 2.25. The third kappa shape index (κ3) is 4.31. The van der Waals surface area contributed by atoms with Gasteiger partial charge in [0.15, 0.2) is 0 Å². The monoisotopic (exact) mass is 175 g/mol. The van der Waals surface area contributed by atoms with E-state index in [0.29, 0.717) is 0 Å². The number of aliphatic hydroxyl groups is 1. The zero-order valence-corrected chi connectivity index (χ0v) is 8.00. The zero-order valence-electron chi connectivity index (χ0n) is 8.00. The molecule has 0 aliphatic rings. The van der Waals surface area contributed by atoms with Crippen molar-refractivity contribution in [3.63, 3.8) is 0 Å². The van der Waals surface area contributed by atoms with Gasteiger partial charge in [0.2, 0.25) is 0 Å². The predicted octanol–water partition coefficient (Wildman–Crippen LogP) is 0.0362. The van der Waals surface area contributed by atoms with Gasteiger partial charge in [-0.2, -0.15) is 0 Å². The van der Waals surface area contributed by atoms with Gasteiger partial charge < -0.3 is 15.6 Å². The van der Waals surface area contributed by atoms with E-state index in [0.717, 1.165) is 0 Å². The molecule has 0 radical (unpaired) electrons. The van der Waals surface area contributed by atoms with Crippen molar-refractivity contribution >= 4 is 5.97 Å². The van der Waals surface area contributed by atoms with Crippen molar-refractivity contribution in [3.05, 3.63) is 0 Å². The average molecular weight is 175 g/mol. The fraction of sp³-hybridized carbons (Fsp3) is 0.875. The van der Waals surface area contributed by atoms with E-state index in [9.17, 15) is 4.79 Å². The molecule has 0 aromatic carbocycles. The van der Waals surface area contributed by atoms with Crippen molar-refractivity contribution in [2.45, 2.75) is 45.4 Å². The number of hydrogen-bond acceptors (Lipinski definition) is 4. The van der Waals surface area contributed by atoms with Crippen LogP contribution in [0.25, 0.3) is 0 Å². The maximum atomic E-state index is 11.1. The van der Waals surface area contributed by atoms with Gasteiger partial charge in [0.1, 0.15) is 11.6 Å². The summed E-state index contributed by atoms with van der Waals surface area (Å²) >= 11 is 0. The van der Waals surface area contributed by atoms with Crippen LogP contribution in [-0.4, -0.2) is 28.8 Å². The fourth-order valence-electron chi connectivity index (χ4n) is 0.567. The number of ether oxygens (including phenoxy) is 1. The van der Waals surface area contributed by atoms with Crippen molar-refractivity contribution in [1.82, 2.24) is 0 Å². The van der Waals surface area contributed by atoms with Gasteiger partial charge in [-0.3, -0.25) is 4.79 Å². The number of esters is 1. The van der Waals surface area contributed by atoms with Crippen LogP contribution in [0.15, 0.2) is 0 Å². The topological polar surface area (TPSA) is 72.5 Å². The second-order valence-corrected chi connectivity index (χ2v) is 3.80. The van der Waals surface area contributed by atoms with Crippen LogP contribution >= 0.6 is 0 Å². The normalized spacial score (nSPS) is 16.8. The maximum absolute atomic E-state index is 11.1. The molecule has 0 amide bonds. The first kappa shape index (κ1) is 11.4. The first-order chi connectivity index (χ1) is 5.24. The van der Waals surface area contributed by atoms with Gasteiger partial charge >= 0.3 is 5.97 Å². The van der Waals surface area contributed by atoms with E-state index in [4.69, 9.17) is 15.6 Å². The summed E-state index contributed by atoms with van der Waals surface area (Å²) in [5.74, 6) is -0.572. The van der Waals surface area contributed by atoms with E-state index >= 15 is 0 Å². The van der Waals surface area contributed by atoms with E-state index in [1.54, 1.807) is 20.8 Å². The highest BCUT2D eigenvalue weighted by atomic mass is 16.6. The van der Waals surface area contributed by atoms with Crippen LogP contribution in [-0.2, 0) is 9.53 Å². The third-order valence-corrected chi connectivity index (χ3v) is 1.20. The van der Waals surface area contributed by atoms with Crippen molar-refractivity contribution in [2.24, 2.45) is 5.73 Å². The van der Waals surface area contributed by atoms with E-state index in [1.807, 2.05) is 0 Å². The molecule has 0 bridgehead atoms. The molecule has 0 aromatic heterocycles. The van der Waals surface area contributed by atoms with Crippen LogP contribution in [0.4, 0.5) is 0 Å². The lowest BCUT2D eigenvalue weighted by Gasteiger charge is -2.23. The highest BCUT2D eigenvalue weighted by molar-refractivity contribution is 5.76. The molecule has 3 N–H and O–H groups in total. The molecule has 4 nitrogen and oxygen atoms in total. The standard InChI is InChI=1S/C8H17NO3/c1-5(10)6(9)7(11)12-8(2,3)4/h5-6,10H,9H2,1-4H3/t5-,6-/m1/s1. The number of nitrogens with two attached hydrogens (primary N) is 1. The molecular formula is C8H17NO3. The van der Waals surface area contributed by atoms with E-state index in [-0.39, 0.29) is 0 Å². The predicted molar refractivity (Wildman–Crippen MR) is 45.5 cm³/mol. The summed E-state index contributed by atoms with van der Waals surface area (Å²) in [5, 5.41) is 8.96. The quantitative estimate of drug-likeness (QED) is 0.581. The van der Waals surface area contributed by atoms with Crippen LogP contribution in [0.2, 0.25) is 0 Å². The Labute approximate surface area is 72.7 Å². The Kier molecular flexibility index (Phi) is 3.67. The largest absolute Gasteiger partial charge is 0.459 e. The molecule has 0 rings (SSSR count). The van der Waals surface area contributed by atoms with Crippen LogP contribution in [0.5, 0.6) is 0 Å². The number of carbonyl (C=O) groups is 1. The molecule has 0 aliphatic heterocycles. The summed E-state index contributed by atoms with van der Waals surface area (Å²) in [6.07, 6.45) is -0.875. The number of rotatable bonds is 2. The second kappa shape index (κ2) is 3.87. The lowest BCUT2D eigenvalue weighted by Crippen LogP contribution is -2.44. The molecule has 0 spiro atoms. The summed E-state index contributed by atoms with van der Waals surface area (Å²) in [6, 6.07) is -0.954. The summed E-state index contributed by atoms with van der Waals surface area (Å²) in [4.78, 5) is 11.1. The molecule has 0 heterocycles. The Hall–Kier alpha value is -0.610. The Balaban J connectivity index is 4.05. The molecule has 0 fully saturated rings. The summed E-state index contributed by atoms with van der Waals surface area (Å²) < 4.78 is 4.94. The van der Waals surface area contributed by atoms with Gasteiger partial charge in [-0.05, 0) is 27.7 Å². The molecule has 2 atom stereocenters. The van der Waals surface area contributed by atoms with E-state index in [1.165, 1.54) is 6.92 Å². The van der Waals surface area contributed by atoms with Crippen LogP contribution in [0, 0.1) is 0 Å². The molecule has 0 saturated carbocycles. The lowest BCUT2D eigenvalue weighted by atomic mass is 10.1. The molecule has 72 valence electrons. The summed E-state index contributed by atoms with van der Waals surface area (Å²) in [7, 11) is 0. The van der Waals surface area contributed by atoms with Crippen molar-refractivity contribution in [3.8, 4) is 0 Å². The summed E-state index contributed by atoms with van der Waals surface area (Å²) in [5.41, 5.74) is 4.79. The van der Waals surface area contributed by atoms with Gasteiger partial charge in [-0.15, -0.1) is 0 Å². The van der Waals surface area contributed by atoms with Gasteiger partial charge in [0.25, 0.3) is 0 Å². The first-order valence-corrected chi connectivity index (χ1v) is 3.90. The van der Waals surface area contributed by atoms with E-state index < -0.39 is 23.7 Å². The highest BCUT2D eigenvalue weighted by Crippen LogP contribution is 2.08. The van der Waals surface area contributed by atoms with Crippen molar-refractivity contribution < 1.29 is 14.6 Å². The van der Waals surface area contributed by atoms with Crippen LogP contribution in [0.1, 0.15) is 27.7 Å². The molecule has 0 unspecified atom stereocenters. The van der Waals surface area contributed by atoms with E-state index in [2.05, 4.69) is 0 Å². The van der Waals surface area contributed by atoms with Gasteiger partial charge in [0, 0.05) is 0 Å². The fourth-order valence-corrected chi connectivity index (χ4v) is 0.567. The van der Waals surface area contributed by atoms with Gasteiger partial charge in [0.05, 0.1) is 6.10 Å². The Morgan fingerprint density at radius 1 is 1.50 bits per heavy atom. The minimum Gasteiger partial charge on any atom is -0.459 e. The smallest absolute Gasteiger partial charge is 0.326 e. The number of carbonyl (C=O) groups excluding carboxylic acids is 1. The first-order valence-electron chi connectivity index (χ1n) is 3.90. The van der Waals surface area contributed by atoms with Gasteiger partial charge in [-0.25, -0.2) is 0 Å². The minimum absolute atomic E-state index is 0.552.